The van der Waals surface area contributed by atoms with Gasteiger partial charge in [0.05, 0.1) is 17.7 Å². The van der Waals surface area contributed by atoms with Gasteiger partial charge in [-0.15, -0.1) is 0 Å². The van der Waals surface area contributed by atoms with Crippen LogP contribution in [0.15, 0.2) is 36.5 Å². The maximum Gasteiger partial charge on any atom is 0.154 e. The summed E-state index contributed by atoms with van der Waals surface area (Å²) in [5.74, 6) is 2.26. The lowest BCUT2D eigenvalue weighted by molar-refractivity contribution is 0.781. The maximum absolute atomic E-state index is 5.80. The molecule has 0 bridgehead atoms. The molecule has 0 radical (unpaired) electrons. The van der Waals surface area contributed by atoms with Gasteiger partial charge < -0.3 is 5.73 Å². The lowest BCUT2D eigenvalue weighted by Gasteiger charge is -2.05. The molecule has 3 aromatic rings. The van der Waals surface area contributed by atoms with E-state index in [1.807, 2.05) is 28.9 Å². The average Bonchev–Trinajstić information content (AvgIpc) is 3.26. The molecule has 0 aliphatic heterocycles. The van der Waals surface area contributed by atoms with Gasteiger partial charge in [0.2, 0.25) is 0 Å². The third kappa shape index (κ3) is 1.87. The second-order valence-electron chi connectivity index (χ2n) is 5.16. The molecule has 0 unspecified atom stereocenters. The molecule has 20 heavy (non-hydrogen) atoms. The van der Waals surface area contributed by atoms with Crippen molar-refractivity contribution in [1.29, 1.82) is 0 Å². The molecule has 2 aromatic heterocycles. The summed E-state index contributed by atoms with van der Waals surface area (Å²) < 4.78 is 1.85. The van der Waals surface area contributed by atoms with Gasteiger partial charge in [0, 0.05) is 17.5 Å². The van der Waals surface area contributed by atoms with Crippen molar-refractivity contribution in [3.63, 3.8) is 0 Å². The Morgan fingerprint density at radius 3 is 2.95 bits per heavy atom. The lowest BCUT2D eigenvalue weighted by Crippen LogP contribution is -2.07. The minimum Gasteiger partial charge on any atom is -0.324 e. The van der Waals surface area contributed by atoms with Crippen LogP contribution >= 0.6 is 0 Å². The molecule has 0 spiro atoms. The highest BCUT2D eigenvalue weighted by Crippen LogP contribution is 2.38. The van der Waals surface area contributed by atoms with Gasteiger partial charge in [0.25, 0.3) is 0 Å². The van der Waals surface area contributed by atoms with Gasteiger partial charge in [-0.3, -0.25) is 4.98 Å². The maximum atomic E-state index is 5.80. The first-order valence-corrected chi connectivity index (χ1v) is 6.86. The van der Waals surface area contributed by atoms with E-state index in [-0.39, 0.29) is 0 Å². The molecule has 2 heterocycles. The number of rotatable bonds is 3. The number of hydrogen-bond donors (Lipinski definition) is 1. The van der Waals surface area contributed by atoms with Crippen LogP contribution in [0, 0.1) is 0 Å². The molecule has 1 saturated carbocycles. The number of benzene rings is 1. The smallest absolute Gasteiger partial charge is 0.154 e. The minimum absolute atomic E-state index is 0.389. The highest BCUT2D eigenvalue weighted by molar-refractivity contribution is 5.80. The van der Waals surface area contributed by atoms with Gasteiger partial charge in [-0.1, -0.05) is 12.1 Å². The minimum atomic E-state index is 0.389. The van der Waals surface area contributed by atoms with Crippen molar-refractivity contribution in [2.45, 2.75) is 25.3 Å². The standard InChI is InChI=1S/C15H15N5/c16-9-14-18-15(11-3-4-11)19-20(14)12-6-5-10-2-1-7-17-13(10)8-12/h1-2,5-8,11H,3-4,9,16H2. The van der Waals surface area contributed by atoms with Crippen molar-refractivity contribution < 1.29 is 0 Å². The largest absolute Gasteiger partial charge is 0.324 e. The Kier molecular flexibility index (Phi) is 2.53. The third-order valence-corrected chi connectivity index (χ3v) is 3.65. The molecule has 1 aromatic carbocycles. The second kappa shape index (κ2) is 4.38. The van der Waals surface area contributed by atoms with Crippen LogP contribution in [0.5, 0.6) is 0 Å². The summed E-state index contributed by atoms with van der Waals surface area (Å²) in [6, 6.07) is 10.1. The highest BCUT2D eigenvalue weighted by atomic mass is 15.4. The first kappa shape index (κ1) is 11.5. The van der Waals surface area contributed by atoms with Crippen molar-refractivity contribution in [1.82, 2.24) is 19.7 Å². The van der Waals surface area contributed by atoms with E-state index in [1.165, 1.54) is 12.8 Å². The molecular formula is C15H15N5. The summed E-state index contributed by atoms with van der Waals surface area (Å²) in [5, 5.41) is 5.74. The summed E-state index contributed by atoms with van der Waals surface area (Å²) in [6.45, 7) is 0.389. The first-order chi connectivity index (χ1) is 9.85. The molecule has 2 N–H and O–H groups in total. The topological polar surface area (TPSA) is 69.6 Å². The Morgan fingerprint density at radius 2 is 2.15 bits per heavy atom. The molecule has 1 aliphatic carbocycles. The van der Waals surface area contributed by atoms with Crippen LogP contribution < -0.4 is 5.73 Å². The van der Waals surface area contributed by atoms with Crippen LogP contribution in [-0.4, -0.2) is 19.7 Å². The van der Waals surface area contributed by atoms with Crippen LogP contribution in [0.1, 0.15) is 30.4 Å². The highest BCUT2D eigenvalue weighted by Gasteiger charge is 2.29. The van der Waals surface area contributed by atoms with E-state index in [9.17, 15) is 0 Å². The van der Waals surface area contributed by atoms with E-state index in [0.29, 0.717) is 12.5 Å². The monoisotopic (exact) mass is 265 g/mol. The molecule has 0 amide bonds. The Bertz CT molecular complexity index is 773. The number of hydrogen-bond acceptors (Lipinski definition) is 4. The van der Waals surface area contributed by atoms with Crippen molar-refractivity contribution in [3.05, 3.63) is 48.2 Å². The van der Waals surface area contributed by atoms with Gasteiger partial charge in [-0.25, -0.2) is 9.67 Å². The Morgan fingerprint density at radius 1 is 1.25 bits per heavy atom. The van der Waals surface area contributed by atoms with E-state index >= 15 is 0 Å². The van der Waals surface area contributed by atoms with Gasteiger partial charge >= 0.3 is 0 Å². The summed E-state index contributed by atoms with van der Waals surface area (Å²) in [5.41, 5.74) is 7.72. The van der Waals surface area contributed by atoms with Crippen molar-refractivity contribution in [3.8, 4) is 5.69 Å². The molecule has 0 saturated heterocycles. The first-order valence-electron chi connectivity index (χ1n) is 6.86. The SMILES string of the molecule is NCc1nc(C2CC2)nn1-c1ccc2cccnc2c1. The quantitative estimate of drug-likeness (QED) is 0.787. The van der Waals surface area contributed by atoms with Gasteiger partial charge in [-0.05, 0) is 31.0 Å². The zero-order chi connectivity index (χ0) is 13.5. The van der Waals surface area contributed by atoms with E-state index in [4.69, 9.17) is 5.73 Å². The molecule has 0 atom stereocenters. The van der Waals surface area contributed by atoms with Crippen LogP contribution in [0.25, 0.3) is 16.6 Å². The molecular weight excluding hydrogens is 250 g/mol. The van der Waals surface area contributed by atoms with Gasteiger partial charge in [0.1, 0.15) is 5.82 Å². The summed E-state index contributed by atoms with van der Waals surface area (Å²) in [6.07, 6.45) is 4.17. The average molecular weight is 265 g/mol. The number of nitrogens with zero attached hydrogens (tertiary/aromatic N) is 4. The van der Waals surface area contributed by atoms with Crippen LogP contribution in [-0.2, 0) is 6.54 Å². The van der Waals surface area contributed by atoms with Gasteiger partial charge in [0.15, 0.2) is 5.82 Å². The molecule has 5 nitrogen and oxygen atoms in total. The molecule has 1 fully saturated rings. The predicted molar refractivity (Wildman–Crippen MR) is 76.5 cm³/mol. The summed E-state index contributed by atoms with van der Waals surface area (Å²) in [4.78, 5) is 8.94. The number of aromatic nitrogens is 4. The summed E-state index contributed by atoms with van der Waals surface area (Å²) in [7, 11) is 0. The van der Waals surface area contributed by atoms with E-state index < -0.39 is 0 Å². The second-order valence-corrected chi connectivity index (χ2v) is 5.16. The van der Waals surface area contributed by atoms with Crippen molar-refractivity contribution in [2.24, 2.45) is 5.73 Å². The normalized spacial score (nSPS) is 14.8. The van der Waals surface area contributed by atoms with Crippen LogP contribution in [0.3, 0.4) is 0 Å². The zero-order valence-electron chi connectivity index (χ0n) is 11.0. The van der Waals surface area contributed by atoms with Crippen molar-refractivity contribution >= 4 is 10.9 Å². The summed E-state index contributed by atoms with van der Waals surface area (Å²) >= 11 is 0. The fourth-order valence-electron chi connectivity index (χ4n) is 2.40. The molecule has 5 heteroatoms. The fourth-order valence-corrected chi connectivity index (χ4v) is 2.40. The van der Waals surface area contributed by atoms with E-state index in [0.717, 1.165) is 28.2 Å². The Balaban J connectivity index is 1.84. The molecule has 1 aliphatic rings. The predicted octanol–water partition coefficient (Wildman–Crippen LogP) is 2.15. The number of nitrogens with two attached hydrogens (primary N) is 1. The van der Waals surface area contributed by atoms with Crippen LogP contribution in [0.2, 0.25) is 0 Å². The van der Waals surface area contributed by atoms with Gasteiger partial charge in [-0.2, -0.15) is 5.10 Å². The number of pyridine rings is 1. The zero-order valence-corrected chi connectivity index (χ0v) is 11.0. The van der Waals surface area contributed by atoms with E-state index in [1.54, 1.807) is 6.20 Å². The number of fused-ring (bicyclic) bond motifs is 1. The fraction of sp³-hybridized carbons (Fsp3) is 0.267. The Hall–Kier alpha value is -2.27. The molecule has 100 valence electrons. The third-order valence-electron chi connectivity index (χ3n) is 3.65. The van der Waals surface area contributed by atoms with E-state index in [2.05, 4.69) is 21.1 Å². The molecule has 4 rings (SSSR count). The van der Waals surface area contributed by atoms with Crippen LogP contribution in [0.4, 0.5) is 0 Å². The van der Waals surface area contributed by atoms with Crippen molar-refractivity contribution in [2.75, 3.05) is 0 Å². The lowest BCUT2D eigenvalue weighted by atomic mass is 10.2. The Labute approximate surface area is 116 Å².